The molecule has 98 valence electrons. The predicted molar refractivity (Wildman–Crippen MR) is 59.6 cm³/mol. The van der Waals surface area contributed by atoms with Gasteiger partial charge in [0.05, 0.1) is 6.26 Å². The van der Waals surface area contributed by atoms with Gasteiger partial charge in [-0.1, -0.05) is 12.1 Å². The van der Waals surface area contributed by atoms with E-state index in [4.69, 9.17) is 0 Å². The molecule has 0 spiro atoms. The van der Waals surface area contributed by atoms with E-state index in [0.29, 0.717) is 0 Å². The molecule has 0 fully saturated rings. The van der Waals surface area contributed by atoms with E-state index in [-0.39, 0.29) is 5.75 Å². The van der Waals surface area contributed by atoms with Crippen LogP contribution < -0.4 is 8.37 Å². The molecule has 0 saturated carbocycles. The molecular weight excluding hydrogens is 286 g/mol. The second kappa shape index (κ2) is 5.17. The van der Waals surface area contributed by atoms with Gasteiger partial charge in [0.2, 0.25) is 0 Å². The highest BCUT2D eigenvalue weighted by Gasteiger charge is 2.17. The lowest BCUT2D eigenvalue weighted by atomic mass is 10.3. The van der Waals surface area contributed by atoms with Gasteiger partial charge in [-0.05, 0) is 16.5 Å². The third-order valence-electron chi connectivity index (χ3n) is 1.43. The molecule has 0 radical (unpaired) electrons. The lowest BCUT2D eigenvalue weighted by molar-refractivity contribution is 0.452. The van der Waals surface area contributed by atoms with Crippen LogP contribution in [0.2, 0.25) is 0 Å². The van der Waals surface area contributed by atoms with E-state index in [2.05, 4.69) is 12.8 Å². The van der Waals surface area contributed by atoms with Crippen molar-refractivity contribution in [3.05, 3.63) is 24.3 Å². The zero-order valence-corrected chi connectivity index (χ0v) is 10.6. The Hall–Kier alpha value is -1.90. The molecule has 0 aliphatic carbocycles. The van der Waals surface area contributed by atoms with Gasteiger partial charge < -0.3 is 8.37 Å². The number of hydrogen-bond donors (Lipinski definition) is 0. The van der Waals surface area contributed by atoms with Crippen LogP contribution >= 0.6 is 0 Å². The second-order valence-corrected chi connectivity index (χ2v) is 5.71. The van der Waals surface area contributed by atoms with Crippen LogP contribution in [0.5, 0.6) is 11.5 Å². The summed E-state index contributed by atoms with van der Waals surface area (Å²) in [5.41, 5.74) is 0. The molecule has 8 nitrogen and oxygen atoms in total. The van der Waals surface area contributed by atoms with E-state index in [1.165, 1.54) is 18.2 Å². The van der Waals surface area contributed by atoms with Crippen LogP contribution in [-0.4, -0.2) is 29.2 Å². The molecule has 18 heavy (non-hydrogen) atoms. The van der Waals surface area contributed by atoms with Gasteiger partial charge in [0.25, 0.3) is 6.08 Å². The van der Waals surface area contributed by atoms with E-state index in [9.17, 15) is 21.6 Å². The van der Waals surface area contributed by atoms with Gasteiger partial charge in [0.1, 0.15) is 0 Å². The van der Waals surface area contributed by atoms with Gasteiger partial charge in [-0.25, -0.2) is 4.79 Å². The van der Waals surface area contributed by atoms with Crippen molar-refractivity contribution >= 4 is 26.5 Å². The highest BCUT2D eigenvalue weighted by atomic mass is 32.2. The molecule has 0 N–H and O–H groups in total. The van der Waals surface area contributed by atoms with Gasteiger partial charge in [0.15, 0.2) is 11.5 Å². The second-order valence-electron chi connectivity index (χ2n) is 2.93. The molecule has 1 aromatic carbocycles. The first-order valence-electron chi connectivity index (χ1n) is 4.25. The Kier molecular flexibility index (Phi) is 4.07. The third kappa shape index (κ3) is 4.53. The Morgan fingerprint density at radius 2 is 1.56 bits per heavy atom. The zero-order valence-electron chi connectivity index (χ0n) is 8.93. The fourth-order valence-corrected chi connectivity index (χ4v) is 1.89. The maximum Gasteiger partial charge on any atom is 0.439 e. The molecule has 0 amide bonds. The lowest BCUT2D eigenvalue weighted by Crippen LogP contribution is -2.10. The molecule has 1 aromatic rings. The average molecular weight is 293 g/mol. The Morgan fingerprint density at radius 3 is 2.00 bits per heavy atom. The van der Waals surface area contributed by atoms with E-state index in [1.807, 2.05) is 0 Å². The maximum absolute atomic E-state index is 11.1. The number of carbonyl (C=O) groups excluding carboxylic acids is 1. The minimum Gasteiger partial charge on any atom is -0.379 e. The number of rotatable bonds is 5. The largest absolute Gasteiger partial charge is 0.439 e. The van der Waals surface area contributed by atoms with E-state index >= 15 is 0 Å². The van der Waals surface area contributed by atoms with Crippen LogP contribution in [0.4, 0.5) is 0 Å². The van der Waals surface area contributed by atoms with Gasteiger partial charge in [-0.3, -0.25) is 0 Å². The zero-order chi connectivity index (χ0) is 13.8. The molecular formula is C8H7NO7S2. The average Bonchev–Trinajstić information content (AvgIpc) is 2.18. The summed E-state index contributed by atoms with van der Waals surface area (Å²) in [6, 6.07) is 5.10. The molecule has 0 unspecified atom stereocenters. The molecule has 0 saturated heterocycles. The standard InChI is InChI=1S/C8H7NO7S2/c1-17(11,12)15-7-4-2-3-5-8(7)16-18(13,14)9-6-10/h2-5H,1H3. The van der Waals surface area contributed by atoms with E-state index in [1.54, 1.807) is 0 Å². The van der Waals surface area contributed by atoms with Gasteiger partial charge in [0, 0.05) is 0 Å². The number of nitrogens with zero attached hydrogens (tertiary/aromatic N) is 1. The van der Waals surface area contributed by atoms with Crippen LogP contribution in [0.1, 0.15) is 0 Å². The minimum atomic E-state index is -4.54. The van der Waals surface area contributed by atoms with Crippen molar-refractivity contribution in [3.63, 3.8) is 0 Å². The van der Waals surface area contributed by atoms with E-state index < -0.39 is 26.2 Å². The Bertz CT molecular complexity index is 686. The monoisotopic (exact) mass is 293 g/mol. The molecule has 0 heterocycles. The highest BCUT2D eigenvalue weighted by molar-refractivity contribution is 7.86. The molecule has 0 aliphatic rings. The summed E-state index contributed by atoms with van der Waals surface area (Å²) in [5, 5.41) is 0. The summed E-state index contributed by atoms with van der Waals surface area (Å²) in [7, 11) is -8.39. The maximum atomic E-state index is 11.1. The van der Waals surface area contributed by atoms with Crippen molar-refractivity contribution in [1.82, 2.24) is 0 Å². The summed E-state index contributed by atoms with van der Waals surface area (Å²) in [6.07, 6.45) is 1.58. The van der Waals surface area contributed by atoms with Crippen molar-refractivity contribution in [3.8, 4) is 11.5 Å². The molecule has 1 rings (SSSR count). The van der Waals surface area contributed by atoms with Gasteiger partial charge >= 0.3 is 20.4 Å². The normalized spacial score (nSPS) is 11.4. The number of benzene rings is 1. The first kappa shape index (κ1) is 14.2. The highest BCUT2D eigenvalue weighted by Crippen LogP contribution is 2.28. The van der Waals surface area contributed by atoms with Crippen LogP contribution in [0.15, 0.2) is 28.7 Å². The molecule has 10 heteroatoms. The van der Waals surface area contributed by atoms with Crippen LogP contribution in [0.25, 0.3) is 0 Å². The predicted octanol–water partition coefficient (Wildman–Crippen LogP) is -0.0156. The third-order valence-corrected chi connectivity index (χ3v) is 2.61. The summed E-state index contributed by atoms with van der Waals surface area (Å²) in [4.78, 5) is 9.85. The summed E-state index contributed by atoms with van der Waals surface area (Å²) >= 11 is 0. The van der Waals surface area contributed by atoms with Crippen molar-refractivity contribution in [2.45, 2.75) is 0 Å². The first-order chi connectivity index (χ1) is 8.23. The van der Waals surface area contributed by atoms with Crippen LogP contribution in [-0.2, 0) is 25.2 Å². The molecule has 0 aromatic heterocycles. The van der Waals surface area contributed by atoms with Gasteiger partial charge in [-0.2, -0.15) is 16.8 Å². The van der Waals surface area contributed by atoms with E-state index in [0.717, 1.165) is 18.4 Å². The number of hydrogen-bond acceptors (Lipinski definition) is 7. The van der Waals surface area contributed by atoms with Crippen molar-refractivity contribution in [2.24, 2.45) is 4.40 Å². The molecule has 0 aliphatic heterocycles. The summed E-state index contributed by atoms with van der Waals surface area (Å²) < 4.78 is 55.3. The topological polar surface area (TPSA) is 116 Å². The fraction of sp³-hybridized carbons (Fsp3) is 0.125. The quantitative estimate of drug-likeness (QED) is 0.425. The fourth-order valence-electron chi connectivity index (χ4n) is 0.929. The summed E-state index contributed by atoms with van der Waals surface area (Å²) in [6.45, 7) is 0. The minimum absolute atomic E-state index is 0.343. The van der Waals surface area contributed by atoms with Crippen LogP contribution in [0.3, 0.4) is 0 Å². The molecule has 0 atom stereocenters. The number of para-hydroxylation sites is 2. The van der Waals surface area contributed by atoms with Crippen molar-refractivity contribution in [2.75, 3.05) is 6.26 Å². The Balaban J connectivity index is 3.15. The van der Waals surface area contributed by atoms with Crippen molar-refractivity contribution < 1.29 is 30.0 Å². The Labute approximate surface area is 103 Å². The lowest BCUT2D eigenvalue weighted by Gasteiger charge is -2.07. The number of isocyanates is 1. The molecule has 0 bridgehead atoms. The SMILES string of the molecule is CS(=O)(=O)Oc1ccccc1OS(=O)(=O)N=C=O. The van der Waals surface area contributed by atoms with Gasteiger partial charge in [-0.15, -0.1) is 0 Å². The summed E-state index contributed by atoms with van der Waals surface area (Å²) in [5.74, 6) is -0.758. The smallest absolute Gasteiger partial charge is 0.379 e. The first-order valence-corrected chi connectivity index (χ1v) is 7.44. The van der Waals surface area contributed by atoms with Crippen LogP contribution in [0, 0.1) is 0 Å². The van der Waals surface area contributed by atoms with Crippen molar-refractivity contribution in [1.29, 1.82) is 0 Å². The Morgan fingerprint density at radius 1 is 1.06 bits per heavy atom.